The predicted octanol–water partition coefficient (Wildman–Crippen LogP) is 6.69. The standard InChI is InChI=1S/C27H25ClN2O3S/c1-34-24-9-6-19-13-21(26(29-25(19)14-24)18-4-7-22(28)8-5-18)15-30(16-23-3-2-11-33-23)27(31)20-10-12-32-17-20/h4-10,12-14,17,23H,2-3,11,15-16H2,1H3/t23-/m0/s1. The molecule has 7 heteroatoms. The Kier molecular flexibility index (Phi) is 6.90. The summed E-state index contributed by atoms with van der Waals surface area (Å²) in [5, 5.41) is 1.71. The third-order valence-electron chi connectivity index (χ3n) is 6.09. The van der Waals surface area contributed by atoms with Crippen LogP contribution < -0.4 is 0 Å². The van der Waals surface area contributed by atoms with Crippen LogP contribution in [0.4, 0.5) is 0 Å². The van der Waals surface area contributed by atoms with Crippen molar-refractivity contribution in [2.45, 2.75) is 30.4 Å². The van der Waals surface area contributed by atoms with E-state index in [9.17, 15) is 4.79 Å². The first-order chi connectivity index (χ1) is 16.6. The zero-order chi connectivity index (χ0) is 23.5. The van der Waals surface area contributed by atoms with Crippen LogP contribution in [0.15, 0.2) is 76.4 Å². The van der Waals surface area contributed by atoms with Crippen LogP contribution in [0, 0.1) is 0 Å². The molecule has 1 aliphatic rings. The van der Waals surface area contributed by atoms with Gasteiger partial charge in [-0.15, -0.1) is 11.8 Å². The molecule has 0 radical (unpaired) electrons. The minimum absolute atomic E-state index is 0.0346. The number of rotatable bonds is 7. The van der Waals surface area contributed by atoms with Crippen LogP contribution in [0.2, 0.25) is 5.02 Å². The topological polar surface area (TPSA) is 55.6 Å². The van der Waals surface area contributed by atoms with Gasteiger partial charge in [0.15, 0.2) is 0 Å². The molecule has 0 saturated carbocycles. The van der Waals surface area contributed by atoms with E-state index >= 15 is 0 Å². The quantitative estimate of drug-likeness (QED) is 0.269. The maximum Gasteiger partial charge on any atom is 0.257 e. The zero-order valence-electron chi connectivity index (χ0n) is 18.9. The van der Waals surface area contributed by atoms with Gasteiger partial charge in [-0.25, -0.2) is 4.98 Å². The zero-order valence-corrected chi connectivity index (χ0v) is 20.4. The molecule has 0 aliphatic carbocycles. The normalized spacial score (nSPS) is 15.6. The molecule has 0 bridgehead atoms. The molecule has 174 valence electrons. The Balaban J connectivity index is 1.58. The summed E-state index contributed by atoms with van der Waals surface area (Å²) in [6.07, 6.45) is 7.08. The number of ether oxygens (including phenoxy) is 1. The summed E-state index contributed by atoms with van der Waals surface area (Å²) in [6, 6.07) is 17.8. The highest BCUT2D eigenvalue weighted by molar-refractivity contribution is 7.98. The van der Waals surface area contributed by atoms with Crippen LogP contribution in [0.1, 0.15) is 28.8 Å². The van der Waals surface area contributed by atoms with Gasteiger partial charge in [-0.1, -0.05) is 29.8 Å². The molecule has 0 unspecified atom stereocenters. The Labute approximate surface area is 208 Å². The predicted molar refractivity (Wildman–Crippen MR) is 136 cm³/mol. The fourth-order valence-corrected chi connectivity index (χ4v) is 4.88. The molecular weight excluding hydrogens is 468 g/mol. The smallest absolute Gasteiger partial charge is 0.257 e. The Hall–Kier alpha value is -2.80. The van der Waals surface area contributed by atoms with Gasteiger partial charge in [0.25, 0.3) is 5.91 Å². The lowest BCUT2D eigenvalue weighted by atomic mass is 10.0. The van der Waals surface area contributed by atoms with Crippen molar-refractivity contribution in [1.82, 2.24) is 9.88 Å². The number of thioether (sulfide) groups is 1. The number of nitrogens with zero attached hydrogens (tertiary/aromatic N) is 2. The minimum Gasteiger partial charge on any atom is -0.472 e. The molecule has 0 N–H and O–H groups in total. The minimum atomic E-state index is -0.0795. The third kappa shape index (κ3) is 4.99. The van der Waals surface area contributed by atoms with Crippen LogP contribution in [-0.4, -0.2) is 41.3 Å². The van der Waals surface area contributed by atoms with Gasteiger partial charge in [-0.2, -0.15) is 0 Å². The first-order valence-corrected chi connectivity index (χ1v) is 12.9. The molecule has 1 amide bonds. The average molecular weight is 493 g/mol. The summed E-state index contributed by atoms with van der Waals surface area (Å²) in [5.74, 6) is -0.0795. The lowest BCUT2D eigenvalue weighted by molar-refractivity contribution is 0.0507. The SMILES string of the molecule is CSc1ccc2cc(CN(C[C@@H]3CCCO3)C(=O)c3ccoc3)c(-c3ccc(Cl)cc3)nc2c1. The van der Waals surface area contributed by atoms with Crippen LogP contribution in [0.25, 0.3) is 22.2 Å². The van der Waals surface area contributed by atoms with Crippen LogP contribution in [0.3, 0.4) is 0 Å². The van der Waals surface area contributed by atoms with E-state index < -0.39 is 0 Å². The number of carbonyl (C=O) groups excluding carboxylic acids is 1. The molecule has 3 heterocycles. The summed E-state index contributed by atoms with van der Waals surface area (Å²) in [4.78, 5) is 21.5. The maximum atomic E-state index is 13.4. The number of furan rings is 1. The highest BCUT2D eigenvalue weighted by Crippen LogP contribution is 2.30. The van der Waals surface area contributed by atoms with Crippen molar-refractivity contribution >= 4 is 40.2 Å². The number of pyridine rings is 1. The summed E-state index contributed by atoms with van der Waals surface area (Å²) in [6.45, 7) is 1.67. The molecule has 34 heavy (non-hydrogen) atoms. The van der Waals surface area contributed by atoms with Crippen molar-refractivity contribution in [3.05, 3.63) is 83.3 Å². The number of carbonyl (C=O) groups is 1. The van der Waals surface area contributed by atoms with E-state index in [1.807, 2.05) is 29.2 Å². The maximum absolute atomic E-state index is 13.4. The number of fused-ring (bicyclic) bond motifs is 1. The number of hydrogen-bond donors (Lipinski definition) is 0. The molecule has 5 rings (SSSR count). The van der Waals surface area contributed by atoms with Crippen molar-refractivity contribution in [2.24, 2.45) is 0 Å². The highest BCUT2D eigenvalue weighted by Gasteiger charge is 2.25. The molecule has 2 aromatic heterocycles. The van der Waals surface area contributed by atoms with Gasteiger partial charge in [-0.3, -0.25) is 4.79 Å². The van der Waals surface area contributed by atoms with Gasteiger partial charge in [-0.05, 0) is 61.1 Å². The highest BCUT2D eigenvalue weighted by atomic mass is 35.5. The van der Waals surface area contributed by atoms with E-state index in [2.05, 4.69) is 30.5 Å². The molecule has 0 spiro atoms. The van der Waals surface area contributed by atoms with E-state index in [4.69, 9.17) is 25.7 Å². The van der Waals surface area contributed by atoms with Gasteiger partial charge in [0, 0.05) is 40.6 Å². The number of aromatic nitrogens is 1. The lowest BCUT2D eigenvalue weighted by Crippen LogP contribution is -2.37. The Morgan fingerprint density at radius 2 is 2.03 bits per heavy atom. The largest absolute Gasteiger partial charge is 0.472 e. The van der Waals surface area contributed by atoms with E-state index in [1.54, 1.807) is 17.8 Å². The van der Waals surface area contributed by atoms with Crippen molar-refractivity contribution < 1.29 is 13.9 Å². The van der Waals surface area contributed by atoms with Crippen LogP contribution in [-0.2, 0) is 11.3 Å². The molecular formula is C27H25ClN2O3S. The second-order valence-corrected chi connectivity index (χ2v) is 9.71. The molecule has 1 atom stereocenters. The second-order valence-electron chi connectivity index (χ2n) is 8.39. The Morgan fingerprint density at radius 3 is 2.74 bits per heavy atom. The molecule has 2 aromatic carbocycles. The average Bonchev–Trinajstić information content (AvgIpc) is 3.58. The first kappa shape index (κ1) is 23.0. The van der Waals surface area contributed by atoms with E-state index in [0.717, 1.165) is 52.1 Å². The van der Waals surface area contributed by atoms with Gasteiger partial charge in [0.05, 0.1) is 29.1 Å². The summed E-state index contributed by atoms with van der Waals surface area (Å²) < 4.78 is 11.0. The third-order valence-corrected chi connectivity index (χ3v) is 7.06. The van der Waals surface area contributed by atoms with Gasteiger partial charge in [0.2, 0.25) is 0 Å². The molecule has 1 fully saturated rings. The number of halogens is 1. The molecule has 5 nitrogen and oxygen atoms in total. The van der Waals surface area contributed by atoms with Crippen molar-refractivity contribution in [3.63, 3.8) is 0 Å². The number of benzene rings is 2. The molecule has 4 aromatic rings. The van der Waals surface area contributed by atoms with Gasteiger partial charge >= 0.3 is 0 Å². The monoisotopic (exact) mass is 492 g/mol. The second kappa shape index (κ2) is 10.2. The molecule has 1 saturated heterocycles. The van der Waals surface area contributed by atoms with Crippen LogP contribution in [0.5, 0.6) is 0 Å². The van der Waals surface area contributed by atoms with Crippen molar-refractivity contribution in [3.8, 4) is 11.3 Å². The fourth-order valence-electron chi connectivity index (χ4n) is 4.32. The fraction of sp³-hybridized carbons (Fsp3) is 0.259. The van der Waals surface area contributed by atoms with Crippen LogP contribution >= 0.6 is 23.4 Å². The number of hydrogen-bond acceptors (Lipinski definition) is 5. The summed E-state index contributed by atoms with van der Waals surface area (Å²) in [5.41, 5.74) is 4.24. The molecule has 1 aliphatic heterocycles. The van der Waals surface area contributed by atoms with E-state index in [-0.39, 0.29) is 12.0 Å². The van der Waals surface area contributed by atoms with Crippen molar-refractivity contribution in [2.75, 3.05) is 19.4 Å². The first-order valence-electron chi connectivity index (χ1n) is 11.3. The Bertz CT molecular complexity index is 1290. The van der Waals surface area contributed by atoms with E-state index in [1.165, 1.54) is 12.5 Å². The summed E-state index contributed by atoms with van der Waals surface area (Å²) >= 11 is 7.84. The van der Waals surface area contributed by atoms with Gasteiger partial charge < -0.3 is 14.1 Å². The van der Waals surface area contributed by atoms with E-state index in [0.29, 0.717) is 23.7 Å². The van der Waals surface area contributed by atoms with Crippen molar-refractivity contribution in [1.29, 1.82) is 0 Å². The Morgan fingerprint density at radius 1 is 1.18 bits per heavy atom. The lowest BCUT2D eigenvalue weighted by Gasteiger charge is -2.26. The van der Waals surface area contributed by atoms with Gasteiger partial charge in [0.1, 0.15) is 6.26 Å². The summed E-state index contributed by atoms with van der Waals surface area (Å²) in [7, 11) is 0. The number of amides is 1.